The van der Waals surface area contributed by atoms with Crippen molar-refractivity contribution in [3.05, 3.63) is 65.2 Å². The summed E-state index contributed by atoms with van der Waals surface area (Å²) in [6, 6.07) is 8.60. The fraction of sp³-hybridized carbons (Fsp3) is 0.469. The summed E-state index contributed by atoms with van der Waals surface area (Å²) in [5, 5.41) is 2.63. The third-order valence-corrected chi connectivity index (χ3v) is 6.92. The van der Waals surface area contributed by atoms with E-state index in [-0.39, 0.29) is 11.3 Å². The number of rotatable bonds is 4. The molecule has 1 N–H and O–H groups in total. The Morgan fingerprint density at radius 1 is 0.767 bits per heavy atom. The van der Waals surface area contributed by atoms with Crippen LogP contribution in [0.25, 0.3) is 5.57 Å². The van der Waals surface area contributed by atoms with Gasteiger partial charge in [0.2, 0.25) is 0 Å². The predicted molar refractivity (Wildman–Crippen MR) is 161 cm³/mol. The van der Waals surface area contributed by atoms with Crippen LogP contribution in [0.3, 0.4) is 0 Å². The van der Waals surface area contributed by atoms with Gasteiger partial charge < -0.3 is 29.5 Å². The number of nitrogens with one attached hydrogen (secondary N) is 1. The van der Waals surface area contributed by atoms with Crippen molar-refractivity contribution in [1.29, 1.82) is 0 Å². The van der Waals surface area contributed by atoms with Crippen LogP contribution in [0.15, 0.2) is 42.5 Å². The molecule has 0 unspecified atom stereocenters. The Kier molecular flexibility index (Phi) is 9.32. The van der Waals surface area contributed by atoms with Crippen LogP contribution in [0.1, 0.15) is 63.9 Å². The van der Waals surface area contributed by atoms with Crippen molar-refractivity contribution in [3.63, 3.8) is 0 Å². The highest BCUT2D eigenvalue weighted by atomic mass is 19.1. The molecule has 0 saturated carbocycles. The number of carbonyl (C=O) groups excluding carboxylic acids is 3. The van der Waals surface area contributed by atoms with E-state index in [1.54, 1.807) is 69.6 Å². The average molecular weight is 599 g/mol. The number of carbonyl (C=O) groups is 3. The Bertz CT molecular complexity index is 1410. The molecule has 2 aliphatic rings. The van der Waals surface area contributed by atoms with Gasteiger partial charge in [-0.3, -0.25) is 4.79 Å². The van der Waals surface area contributed by atoms with Gasteiger partial charge in [0.25, 0.3) is 5.91 Å². The number of amides is 3. The van der Waals surface area contributed by atoms with E-state index in [1.807, 2.05) is 4.90 Å². The predicted octanol–water partition coefficient (Wildman–Crippen LogP) is 6.30. The molecule has 3 amide bonds. The maximum absolute atomic E-state index is 15.1. The molecule has 2 aromatic rings. The van der Waals surface area contributed by atoms with Gasteiger partial charge in [0, 0.05) is 56.1 Å². The molecule has 2 heterocycles. The third kappa shape index (κ3) is 8.46. The first-order chi connectivity index (χ1) is 20.1. The number of hydrogen-bond donors (Lipinski definition) is 1. The highest BCUT2D eigenvalue weighted by Gasteiger charge is 2.28. The summed E-state index contributed by atoms with van der Waals surface area (Å²) in [4.78, 5) is 42.4. The van der Waals surface area contributed by atoms with E-state index < -0.39 is 40.9 Å². The number of piperazine rings is 1. The summed E-state index contributed by atoms with van der Waals surface area (Å²) in [6.07, 6.45) is 1.45. The molecule has 0 bridgehead atoms. The summed E-state index contributed by atoms with van der Waals surface area (Å²) in [5.41, 5.74) is 0.633. The summed E-state index contributed by atoms with van der Waals surface area (Å²) in [6.45, 7) is 13.1. The summed E-state index contributed by atoms with van der Waals surface area (Å²) in [7, 11) is 0. The lowest BCUT2D eigenvalue weighted by molar-refractivity contribution is 0.0237. The van der Waals surface area contributed by atoms with Crippen LogP contribution >= 0.6 is 0 Å². The van der Waals surface area contributed by atoms with Crippen molar-refractivity contribution in [3.8, 4) is 0 Å². The summed E-state index contributed by atoms with van der Waals surface area (Å²) < 4.78 is 40.9. The normalized spacial score (nSPS) is 16.0. The van der Waals surface area contributed by atoms with Gasteiger partial charge in [-0.2, -0.15) is 0 Å². The van der Waals surface area contributed by atoms with Gasteiger partial charge in [-0.05, 0) is 89.9 Å². The van der Waals surface area contributed by atoms with Crippen LogP contribution < -0.4 is 10.2 Å². The van der Waals surface area contributed by atoms with Crippen LogP contribution in [0.2, 0.25) is 0 Å². The van der Waals surface area contributed by atoms with Crippen LogP contribution in [-0.4, -0.2) is 78.4 Å². The molecule has 0 atom stereocenters. The molecule has 2 aromatic carbocycles. The SMILES string of the molecule is CC(C)(C)OC(=O)N1CC=C(c2ccc(NC(=O)c3ccc(N4CCN(C(=O)OC(C)(C)C)CC4)c(F)c3)cc2F)CC1. The van der Waals surface area contributed by atoms with E-state index in [2.05, 4.69) is 5.32 Å². The number of hydrogen-bond acceptors (Lipinski definition) is 6. The van der Waals surface area contributed by atoms with Gasteiger partial charge in [-0.25, -0.2) is 18.4 Å². The number of benzene rings is 2. The Labute approximate surface area is 251 Å². The standard InChI is InChI=1S/C32H40F2N4O5/c1-31(2,3)42-29(40)37-13-11-21(12-14-37)24-9-8-23(20-25(24)33)35-28(39)22-7-10-27(26(34)19-22)36-15-17-38(18-16-36)30(41)43-32(4,5)6/h7-11,19-20H,12-18H2,1-6H3,(H,35,39). The Morgan fingerprint density at radius 2 is 1.40 bits per heavy atom. The van der Waals surface area contributed by atoms with E-state index in [4.69, 9.17) is 9.47 Å². The zero-order valence-electron chi connectivity index (χ0n) is 25.6. The Balaban J connectivity index is 1.34. The number of ether oxygens (including phenoxy) is 2. The molecule has 232 valence electrons. The van der Waals surface area contributed by atoms with Gasteiger partial charge in [-0.15, -0.1) is 0 Å². The molecule has 0 aromatic heterocycles. The zero-order valence-corrected chi connectivity index (χ0v) is 25.6. The lowest BCUT2D eigenvalue weighted by Gasteiger charge is -2.36. The van der Waals surface area contributed by atoms with Gasteiger partial charge in [0.1, 0.15) is 22.8 Å². The van der Waals surface area contributed by atoms with Gasteiger partial charge >= 0.3 is 12.2 Å². The van der Waals surface area contributed by atoms with Crippen molar-refractivity contribution in [2.24, 2.45) is 0 Å². The topological polar surface area (TPSA) is 91.4 Å². The fourth-order valence-electron chi connectivity index (χ4n) is 4.82. The Morgan fingerprint density at radius 3 is 1.93 bits per heavy atom. The van der Waals surface area contributed by atoms with Crippen LogP contribution in [0.4, 0.5) is 29.7 Å². The van der Waals surface area contributed by atoms with E-state index >= 15 is 8.78 Å². The molecule has 0 aliphatic carbocycles. The summed E-state index contributed by atoms with van der Waals surface area (Å²) >= 11 is 0. The van der Waals surface area contributed by atoms with E-state index in [1.165, 1.54) is 18.2 Å². The fourth-order valence-corrected chi connectivity index (χ4v) is 4.82. The monoisotopic (exact) mass is 598 g/mol. The van der Waals surface area contributed by atoms with Crippen molar-refractivity contribution in [1.82, 2.24) is 9.80 Å². The lowest BCUT2D eigenvalue weighted by Crippen LogP contribution is -2.50. The molecular weight excluding hydrogens is 558 g/mol. The maximum Gasteiger partial charge on any atom is 0.410 e. The molecule has 0 radical (unpaired) electrons. The minimum atomic E-state index is -0.596. The first-order valence-electron chi connectivity index (χ1n) is 14.4. The number of nitrogens with zero attached hydrogens (tertiary/aromatic N) is 3. The molecule has 1 fully saturated rings. The molecule has 9 nitrogen and oxygen atoms in total. The smallest absolute Gasteiger partial charge is 0.410 e. The Hall–Kier alpha value is -4.15. The van der Waals surface area contributed by atoms with Gasteiger partial charge in [0.05, 0.1) is 5.69 Å². The largest absolute Gasteiger partial charge is 0.444 e. The molecule has 1 saturated heterocycles. The van der Waals surface area contributed by atoms with Gasteiger partial charge in [0.15, 0.2) is 0 Å². The van der Waals surface area contributed by atoms with E-state index in [0.29, 0.717) is 56.9 Å². The second-order valence-corrected chi connectivity index (χ2v) is 12.7. The quantitative estimate of drug-likeness (QED) is 0.444. The van der Waals surface area contributed by atoms with Gasteiger partial charge in [-0.1, -0.05) is 6.08 Å². The number of anilines is 2. The van der Waals surface area contributed by atoms with Crippen molar-refractivity contribution >= 4 is 35.0 Å². The van der Waals surface area contributed by atoms with E-state index in [9.17, 15) is 14.4 Å². The molecule has 43 heavy (non-hydrogen) atoms. The molecule has 0 spiro atoms. The first kappa shape index (κ1) is 31.8. The molecule has 11 heteroatoms. The second-order valence-electron chi connectivity index (χ2n) is 12.7. The summed E-state index contributed by atoms with van der Waals surface area (Å²) in [5.74, 6) is -1.65. The minimum absolute atomic E-state index is 0.0929. The van der Waals surface area contributed by atoms with Crippen molar-refractivity contribution in [2.45, 2.75) is 59.2 Å². The molecule has 2 aliphatic heterocycles. The first-order valence-corrected chi connectivity index (χ1v) is 14.4. The third-order valence-electron chi connectivity index (χ3n) is 6.92. The minimum Gasteiger partial charge on any atom is -0.444 e. The number of halogens is 2. The molecular formula is C32H40F2N4O5. The highest BCUT2D eigenvalue weighted by molar-refractivity contribution is 6.04. The van der Waals surface area contributed by atoms with Crippen LogP contribution in [-0.2, 0) is 9.47 Å². The maximum atomic E-state index is 15.1. The van der Waals surface area contributed by atoms with E-state index in [0.717, 1.165) is 11.6 Å². The average Bonchev–Trinajstić information content (AvgIpc) is 2.91. The highest BCUT2D eigenvalue weighted by Crippen LogP contribution is 2.28. The van der Waals surface area contributed by atoms with Crippen LogP contribution in [0.5, 0.6) is 0 Å². The van der Waals surface area contributed by atoms with Crippen LogP contribution in [0, 0.1) is 11.6 Å². The second kappa shape index (κ2) is 12.6. The van der Waals surface area contributed by atoms with Crippen molar-refractivity contribution in [2.75, 3.05) is 49.5 Å². The molecule has 4 rings (SSSR count). The van der Waals surface area contributed by atoms with Crippen molar-refractivity contribution < 1.29 is 32.6 Å². The zero-order chi connectivity index (χ0) is 31.5. The lowest BCUT2D eigenvalue weighted by atomic mass is 9.98.